The second-order valence-electron chi connectivity index (χ2n) is 6.11. The Balaban J connectivity index is 2.43. The molecule has 3 nitrogen and oxygen atoms in total. The Morgan fingerprint density at radius 2 is 1.53 bits per heavy atom. The van der Waals surface area contributed by atoms with Crippen molar-refractivity contribution >= 4 is 0 Å². The van der Waals surface area contributed by atoms with Crippen molar-refractivity contribution in [3.63, 3.8) is 0 Å². The van der Waals surface area contributed by atoms with Crippen LogP contribution >= 0.6 is 0 Å². The molecule has 1 rings (SSSR count). The first-order chi connectivity index (χ1) is 8.08. The van der Waals surface area contributed by atoms with E-state index in [1.165, 1.54) is 38.5 Å². The number of rotatable bonds is 6. The van der Waals surface area contributed by atoms with E-state index in [0.29, 0.717) is 6.61 Å². The van der Waals surface area contributed by atoms with Gasteiger partial charge in [0.05, 0.1) is 0 Å². The highest BCUT2D eigenvalue weighted by Gasteiger charge is 2.31. The van der Waals surface area contributed by atoms with Crippen LogP contribution in [0.2, 0.25) is 0 Å². The molecule has 0 aliphatic heterocycles. The monoisotopic (exact) mass is 242 g/mol. The van der Waals surface area contributed by atoms with Crippen molar-refractivity contribution in [1.82, 2.24) is 9.80 Å². The van der Waals surface area contributed by atoms with Gasteiger partial charge in [0.2, 0.25) is 0 Å². The van der Waals surface area contributed by atoms with Crippen molar-refractivity contribution in [3.8, 4) is 0 Å². The average Bonchev–Trinajstić information content (AvgIpc) is 2.53. The predicted molar refractivity (Wildman–Crippen MR) is 73.3 cm³/mol. The van der Waals surface area contributed by atoms with Crippen LogP contribution in [0.1, 0.15) is 38.5 Å². The minimum atomic E-state index is 0.178. The molecule has 0 atom stereocenters. The van der Waals surface area contributed by atoms with Crippen LogP contribution in [-0.2, 0) is 0 Å². The van der Waals surface area contributed by atoms with Gasteiger partial charge in [-0.2, -0.15) is 0 Å². The third kappa shape index (κ3) is 5.36. The fourth-order valence-corrected chi connectivity index (χ4v) is 2.87. The van der Waals surface area contributed by atoms with Crippen molar-refractivity contribution < 1.29 is 5.11 Å². The third-order valence-electron chi connectivity index (χ3n) is 4.03. The molecule has 1 saturated carbocycles. The molecule has 1 aliphatic carbocycles. The van der Waals surface area contributed by atoms with E-state index in [0.717, 1.165) is 19.6 Å². The summed E-state index contributed by atoms with van der Waals surface area (Å²) in [5, 5.41) is 9.76. The molecule has 0 bridgehead atoms. The number of aliphatic hydroxyl groups is 1. The van der Waals surface area contributed by atoms with E-state index < -0.39 is 0 Å². The molecular formula is C14H30N2O. The Morgan fingerprint density at radius 1 is 0.941 bits per heavy atom. The van der Waals surface area contributed by atoms with Crippen LogP contribution in [-0.4, -0.2) is 62.3 Å². The topological polar surface area (TPSA) is 26.7 Å². The van der Waals surface area contributed by atoms with Gasteiger partial charge in [0, 0.05) is 31.7 Å². The molecule has 102 valence electrons. The van der Waals surface area contributed by atoms with E-state index in [2.05, 4.69) is 30.9 Å². The smallest absolute Gasteiger partial charge is 0.0499 e. The normalized spacial score (nSPS) is 20.8. The predicted octanol–water partition coefficient (Wildman–Crippen LogP) is 1.81. The van der Waals surface area contributed by atoms with E-state index in [9.17, 15) is 5.11 Å². The molecule has 0 radical (unpaired) electrons. The minimum Gasteiger partial charge on any atom is -0.396 e. The molecule has 0 spiro atoms. The standard InChI is InChI=1S/C14H30N2O/c1-15(2)10-11-16(3)12-14(13-17)8-6-4-5-7-9-14/h17H,4-13H2,1-3H3. The highest BCUT2D eigenvalue weighted by Crippen LogP contribution is 2.35. The summed E-state index contributed by atoms with van der Waals surface area (Å²) in [7, 11) is 6.41. The largest absolute Gasteiger partial charge is 0.396 e. The highest BCUT2D eigenvalue weighted by atomic mass is 16.3. The van der Waals surface area contributed by atoms with Crippen molar-refractivity contribution in [1.29, 1.82) is 0 Å². The Kier molecular flexibility index (Phi) is 6.45. The molecule has 0 aromatic carbocycles. The van der Waals surface area contributed by atoms with Gasteiger partial charge in [0.25, 0.3) is 0 Å². The van der Waals surface area contributed by atoms with E-state index >= 15 is 0 Å². The summed E-state index contributed by atoms with van der Waals surface area (Å²) in [4.78, 5) is 4.61. The van der Waals surface area contributed by atoms with Crippen molar-refractivity contribution in [2.75, 3.05) is 47.4 Å². The Hall–Kier alpha value is -0.120. The van der Waals surface area contributed by atoms with E-state index in [4.69, 9.17) is 0 Å². The van der Waals surface area contributed by atoms with Gasteiger partial charge in [-0.05, 0) is 34.0 Å². The number of aliphatic hydroxyl groups excluding tert-OH is 1. The van der Waals surface area contributed by atoms with E-state index in [1.54, 1.807) is 0 Å². The van der Waals surface area contributed by atoms with Crippen LogP contribution in [0, 0.1) is 5.41 Å². The molecular weight excluding hydrogens is 212 g/mol. The zero-order chi connectivity index (χ0) is 12.7. The Labute approximate surface area is 107 Å². The lowest BCUT2D eigenvalue weighted by atomic mass is 9.80. The quantitative estimate of drug-likeness (QED) is 0.720. The molecule has 1 fully saturated rings. The number of likely N-dealkylation sites (N-methyl/N-ethyl adjacent to an activating group) is 2. The summed E-state index contributed by atoms with van der Waals surface area (Å²) in [5.74, 6) is 0. The van der Waals surface area contributed by atoms with Gasteiger partial charge in [-0.1, -0.05) is 25.7 Å². The maximum atomic E-state index is 9.76. The van der Waals surface area contributed by atoms with E-state index in [1.807, 2.05) is 0 Å². The summed E-state index contributed by atoms with van der Waals surface area (Å²) in [6.45, 7) is 3.60. The maximum Gasteiger partial charge on any atom is 0.0499 e. The molecule has 3 heteroatoms. The summed E-state index contributed by atoms with van der Waals surface area (Å²) in [6, 6.07) is 0. The first-order valence-electron chi connectivity index (χ1n) is 7.02. The molecule has 0 aromatic heterocycles. The SMILES string of the molecule is CN(C)CCN(C)CC1(CO)CCCCCC1. The van der Waals surface area contributed by atoms with Crippen LogP contribution in [0.15, 0.2) is 0 Å². The zero-order valence-electron chi connectivity index (χ0n) is 11.9. The fraction of sp³-hybridized carbons (Fsp3) is 1.00. The summed E-state index contributed by atoms with van der Waals surface area (Å²) in [5.41, 5.74) is 0.178. The lowest BCUT2D eigenvalue weighted by Crippen LogP contribution is -2.40. The summed E-state index contributed by atoms with van der Waals surface area (Å²) >= 11 is 0. The van der Waals surface area contributed by atoms with Gasteiger partial charge in [-0.15, -0.1) is 0 Å². The van der Waals surface area contributed by atoms with Crippen LogP contribution in [0.5, 0.6) is 0 Å². The molecule has 0 saturated heterocycles. The Bertz CT molecular complexity index is 198. The second kappa shape index (κ2) is 7.34. The molecule has 0 heterocycles. The molecule has 0 amide bonds. The lowest BCUT2D eigenvalue weighted by Gasteiger charge is -2.35. The summed E-state index contributed by atoms with van der Waals surface area (Å²) < 4.78 is 0. The van der Waals surface area contributed by atoms with Crippen LogP contribution in [0.4, 0.5) is 0 Å². The van der Waals surface area contributed by atoms with Crippen molar-refractivity contribution in [2.24, 2.45) is 5.41 Å². The number of hydrogen-bond acceptors (Lipinski definition) is 3. The van der Waals surface area contributed by atoms with Gasteiger partial charge in [-0.25, -0.2) is 0 Å². The molecule has 0 aromatic rings. The fourth-order valence-electron chi connectivity index (χ4n) is 2.87. The van der Waals surface area contributed by atoms with Gasteiger partial charge in [-0.3, -0.25) is 0 Å². The molecule has 1 aliphatic rings. The molecule has 0 unspecified atom stereocenters. The van der Waals surface area contributed by atoms with Crippen LogP contribution in [0.25, 0.3) is 0 Å². The summed E-state index contributed by atoms with van der Waals surface area (Å²) in [6.07, 6.45) is 7.70. The van der Waals surface area contributed by atoms with Gasteiger partial charge < -0.3 is 14.9 Å². The third-order valence-corrected chi connectivity index (χ3v) is 4.03. The van der Waals surface area contributed by atoms with Crippen LogP contribution < -0.4 is 0 Å². The van der Waals surface area contributed by atoms with Crippen molar-refractivity contribution in [2.45, 2.75) is 38.5 Å². The highest BCUT2D eigenvalue weighted by molar-refractivity contribution is 4.83. The number of hydrogen-bond donors (Lipinski definition) is 1. The van der Waals surface area contributed by atoms with Gasteiger partial charge in [0.1, 0.15) is 0 Å². The average molecular weight is 242 g/mol. The maximum absolute atomic E-state index is 9.76. The van der Waals surface area contributed by atoms with Crippen molar-refractivity contribution in [3.05, 3.63) is 0 Å². The molecule has 1 N–H and O–H groups in total. The molecule has 17 heavy (non-hydrogen) atoms. The van der Waals surface area contributed by atoms with Gasteiger partial charge in [0.15, 0.2) is 0 Å². The second-order valence-corrected chi connectivity index (χ2v) is 6.11. The Morgan fingerprint density at radius 3 is 2.00 bits per heavy atom. The van der Waals surface area contributed by atoms with Gasteiger partial charge >= 0.3 is 0 Å². The van der Waals surface area contributed by atoms with Crippen LogP contribution in [0.3, 0.4) is 0 Å². The first-order valence-corrected chi connectivity index (χ1v) is 7.02. The first kappa shape index (κ1) is 14.9. The number of nitrogens with zero attached hydrogens (tertiary/aromatic N) is 2. The minimum absolute atomic E-state index is 0.178. The van der Waals surface area contributed by atoms with E-state index in [-0.39, 0.29) is 5.41 Å². The zero-order valence-corrected chi connectivity index (χ0v) is 11.9. The lowest BCUT2D eigenvalue weighted by molar-refractivity contribution is 0.0667.